The van der Waals surface area contributed by atoms with Crippen molar-refractivity contribution >= 4 is 16.9 Å². The fourth-order valence-electron chi connectivity index (χ4n) is 3.73. The summed E-state index contributed by atoms with van der Waals surface area (Å²) >= 11 is 0. The first kappa shape index (κ1) is 16.8. The van der Waals surface area contributed by atoms with Gasteiger partial charge in [-0.25, -0.2) is 4.98 Å². The molecule has 136 valence electrons. The molecule has 0 bridgehead atoms. The van der Waals surface area contributed by atoms with E-state index in [1.54, 1.807) is 0 Å². The molecule has 0 spiro atoms. The molecule has 6 nitrogen and oxygen atoms in total. The van der Waals surface area contributed by atoms with Gasteiger partial charge in [0.1, 0.15) is 5.82 Å². The van der Waals surface area contributed by atoms with Crippen LogP contribution in [0.4, 0.5) is 0 Å². The third-order valence-corrected chi connectivity index (χ3v) is 5.19. The van der Waals surface area contributed by atoms with Crippen LogP contribution in [0.1, 0.15) is 25.1 Å². The highest BCUT2D eigenvalue weighted by Gasteiger charge is 2.35. The van der Waals surface area contributed by atoms with E-state index in [1.165, 1.54) is 0 Å². The van der Waals surface area contributed by atoms with Gasteiger partial charge >= 0.3 is 0 Å². The van der Waals surface area contributed by atoms with Crippen molar-refractivity contribution in [1.82, 2.24) is 19.9 Å². The predicted octanol–water partition coefficient (Wildman–Crippen LogP) is 2.62. The van der Waals surface area contributed by atoms with Crippen molar-refractivity contribution in [3.05, 3.63) is 54.6 Å². The first-order chi connectivity index (χ1) is 12.8. The normalized spacial score (nSPS) is 16.6. The van der Waals surface area contributed by atoms with Crippen LogP contribution in [0.25, 0.3) is 11.0 Å². The number of fused-ring (bicyclic) bond motifs is 1. The molecule has 1 aliphatic rings. The molecule has 1 aliphatic heterocycles. The lowest BCUT2D eigenvalue weighted by molar-refractivity contribution is -0.124. The molecule has 2 aromatic heterocycles. The first-order valence-corrected chi connectivity index (χ1v) is 9.17. The number of imidazole rings is 1. The van der Waals surface area contributed by atoms with Crippen LogP contribution in [0.2, 0.25) is 0 Å². The largest absolute Gasteiger partial charge is 0.381 e. The van der Waals surface area contributed by atoms with E-state index in [4.69, 9.17) is 4.74 Å². The molecule has 2 N–H and O–H groups in total. The number of amides is 1. The minimum absolute atomic E-state index is 0.0803. The van der Waals surface area contributed by atoms with Gasteiger partial charge in [0.25, 0.3) is 0 Å². The highest BCUT2D eigenvalue weighted by molar-refractivity contribution is 5.77. The number of hydrogen-bond acceptors (Lipinski definition) is 3. The van der Waals surface area contributed by atoms with Gasteiger partial charge in [0.2, 0.25) is 5.91 Å². The van der Waals surface area contributed by atoms with Crippen molar-refractivity contribution in [3.8, 4) is 0 Å². The zero-order valence-corrected chi connectivity index (χ0v) is 14.8. The molecular weight excluding hydrogens is 328 g/mol. The fourth-order valence-corrected chi connectivity index (χ4v) is 3.73. The second kappa shape index (κ2) is 7.33. The third-order valence-electron chi connectivity index (χ3n) is 5.19. The van der Waals surface area contributed by atoms with E-state index in [0.29, 0.717) is 32.6 Å². The maximum atomic E-state index is 12.6. The molecule has 1 amide bonds. The Morgan fingerprint density at radius 1 is 1.19 bits per heavy atom. The number of ether oxygens (including phenoxy) is 1. The first-order valence-electron chi connectivity index (χ1n) is 9.17. The maximum absolute atomic E-state index is 12.6. The molecule has 0 atom stereocenters. The Hall–Kier alpha value is -2.60. The highest BCUT2D eigenvalue weighted by Crippen LogP contribution is 2.32. The number of aromatic nitrogens is 3. The molecule has 0 radical (unpaired) electrons. The summed E-state index contributed by atoms with van der Waals surface area (Å²) < 4.78 is 7.69. The Labute approximate surface area is 152 Å². The molecule has 1 aromatic carbocycles. The van der Waals surface area contributed by atoms with Crippen molar-refractivity contribution in [2.45, 2.75) is 31.2 Å². The number of para-hydroxylation sites is 2. The Balaban J connectivity index is 1.35. The van der Waals surface area contributed by atoms with Crippen LogP contribution in [-0.4, -0.2) is 40.2 Å². The van der Waals surface area contributed by atoms with Crippen molar-refractivity contribution < 1.29 is 9.53 Å². The molecule has 1 saturated heterocycles. The van der Waals surface area contributed by atoms with E-state index in [2.05, 4.69) is 19.9 Å². The van der Waals surface area contributed by atoms with E-state index < -0.39 is 0 Å². The van der Waals surface area contributed by atoms with E-state index in [1.807, 2.05) is 48.8 Å². The minimum Gasteiger partial charge on any atom is -0.381 e. The topological polar surface area (TPSA) is 71.9 Å². The zero-order chi connectivity index (χ0) is 17.8. The number of H-pyrrole nitrogens is 1. The summed E-state index contributed by atoms with van der Waals surface area (Å²) in [6, 6.07) is 12.0. The summed E-state index contributed by atoms with van der Waals surface area (Å²) in [6.07, 6.45) is 6.99. The quantitative estimate of drug-likeness (QED) is 0.716. The number of nitrogens with one attached hydrogen (secondary N) is 2. The Morgan fingerprint density at radius 3 is 2.73 bits per heavy atom. The van der Waals surface area contributed by atoms with Gasteiger partial charge in [0.05, 0.1) is 23.0 Å². The molecular formula is C20H24N4O2. The van der Waals surface area contributed by atoms with Gasteiger partial charge in [-0.15, -0.1) is 0 Å². The zero-order valence-electron chi connectivity index (χ0n) is 14.8. The van der Waals surface area contributed by atoms with Gasteiger partial charge in [-0.05, 0) is 37.1 Å². The van der Waals surface area contributed by atoms with Crippen molar-refractivity contribution in [1.29, 1.82) is 0 Å². The molecule has 0 saturated carbocycles. The molecule has 6 heteroatoms. The van der Waals surface area contributed by atoms with E-state index in [0.717, 1.165) is 29.7 Å². The molecule has 0 aliphatic carbocycles. The molecule has 4 rings (SSSR count). The van der Waals surface area contributed by atoms with E-state index >= 15 is 0 Å². The van der Waals surface area contributed by atoms with Gasteiger partial charge in [-0.2, -0.15) is 0 Å². The van der Waals surface area contributed by atoms with Crippen LogP contribution >= 0.6 is 0 Å². The predicted molar refractivity (Wildman–Crippen MR) is 99.9 cm³/mol. The number of carbonyl (C=O) groups is 1. The van der Waals surface area contributed by atoms with E-state index in [-0.39, 0.29) is 11.4 Å². The van der Waals surface area contributed by atoms with Gasteiger partial charge in [0, 0.05) is 38.6 Å². The van der Waals surface area contributed by atoms with Crippen molar-refractivity contribution in [2.24, 2.45) is 0 Å². The van der Waals surface area contributed by atoms with Crippen LogP contribution in [0.5, 0.6) is 0 Å². The fraction of sp³-hybridized carbons (Fsp3) is 0.400. The Bertz CT molecular complexity index is 830. The number of benzene rings is 1. The summed E-state index contributed by atoms with van der Waals surface area (Å²) in [6.45, 7) is 1.98. The Morgan fingerprint density at radius 2 is 1.96 bits per heavy atom. The number of hydrogen-bond donors (Lipinski definition) is 2. The average Bonchev–Trinajstić information content (AvgIpc) is 3.32. The standard InChI is InChI=1S/C20H24N4O2/c25-19(15-20(8-13-26-14-9-20)24-11-3-4-12-24)21-10-7-18-22-16-5-1-2-6-17(16)23-18/h1-6,11-12H,7-10,13-15H2,(H,21,25)(H,22,23). The second-order valence-corrected chi connectivity index (χ2v) is 6.90. The number of rotatable bonds is 6. The van der Waals surface area contributed by atoms with Crippen molar-refractivity contribution in [2.75, 3.05) is 19.8 Å². The van der Waals surface area contributed by atoms with Crippen molar-refractivity contribution in [3.63, 3.8) is 0 Å². The van der Waals surface area contributed by atoms with Crippen LogP contribution in [-0.2, 0) is 21.5 Å². The van der Waals surface area contributed by atoms with E-state index in [9.17, 15) is 4.79 Å². The minimum atomic E-state index is -0.175. The number of nitrogens with zero attached hydrogens (tertiary/aromatic N) is 2. The lowest BCUT2D eigenvalue weighted by Gasteiger charge is -2.38. The summed E-state index contributed by atoms with van der Waals surface area (Å²) in [7, 11) is 0. The second-order valence-electron chi connectivity index (χ2n) is 6.90. The molecule has 3 aromatic rings. The smallest absolute Gasteiger partial charge is 0.222 e. The molecule has 0 unspecified atom stereocenters. The van der Waals surface area contributed by atoms with Gasteiger partial charge in [-0.3, -0.25) is 4.79 Å². The Kier molecular flexibility index (Phi) is 4.75. The summed E-state index contributed by atoms with van der Waals surface area (Å²) in [5.41, 5.74) is 1.82. The monoisotopic (exact) mass is 352 g/mol. The van der Waals surface area contributed by atoms with Crippen LogP contribution in [0, 0.1) is 0 Å². The lowest BCUT2D eigenvalue weighted by atomic mass is 9.86. The third kappa shape index (κ3) is 3.51. The van der Waals surface area contributed by atoms with Gasteiger partial charge < -0.3 is 19.6 Å². The van der Waals surface area contributed by atoms with Gasteiger partial charge in [0.15, 0.2) is 0 Å². The van der Waals surface area contributed by atoms with Crippen LogP contribution in [0.15, 0.2) is 48.8 Å². The SMILES string of the molecule is O=C(CC1(n2cccc2)CCOCC1)NCCc1nc2ccccc2[nH]1. The molecule has 1 fully saturated rings. The molecule has 26 heavy (non-hydrogen) atoms. The maximum Gasteiger partial charge on any atom is 0.222 e. The highest BCUT2D eigenvalue weighted by atomic mass is 16.5. The van der Waals surface area contributed by atoms with Crippen LogP contribution in [0.3, 0.4) is 0 Å². The number of aromatic amines is 1. The van der Waals surface area contributed by atoms with Gasteiger partial charge in [-0.1, -0.05) is 12.1 Å². The summed E-state index contributed by atoms with van der Waals surface area (Å²) in [5, 5.41) is 3.06. The van der Waals surface area contributed by atoms with Crippen LogP contribution < -0.4 is 5.32 Å². The molecule has 3 heterocycles. The number of carbonyl (C=O) groups excluding carboxylic acids is 1. The summed E-state index contributed by atoms with van der Waals surface area (Å²) in [5.74, 6) is 0.981. The summed E-state index contributed by atoms with van der Waals surface area (Å²) in [4.78, 5) is 20.4. The lowest BCUT2D eigenvalue weighted by Crippen LogP contribution is -2.43. The average molecular weight is 352 g/mol.